The van der Waals surface area contributed by atoms with E-state index < -0.39 is 0 Å². The van der Waals surface area contributed by atoms with Gasteiger partial charge in [0.25, 0.3) is 0 Å². The van der Waals surface area contributed by atoms with Gasteiger partial charge in [0.1, 0.15) is 5.82 Å². The van der Waals surface area contributed by atoms with Gasteiger partial charge in [-0.2, -0.15) is 0 Å². The van der Waals surface area contributed by atoms with Gasteiger partial charge in [0.15, 0.2) is 0 Å². The molecule has 1 aromatic heterocycles. The van der Waals surface area contributed by atoms with Gasteiger partial charge in [-0.25, -0.2) is 9.97 Å². The van der Waals surface area contributed by atoms with Crippen LogP contribution in [0.5, 0.6) is 0 Å². The normalized spacial score (nSPS) is 13.8. The van der Waals surface area contributed by atoms with Crippen molar-refractivity contribution in [1.82, 2.24) is 15.3 Å². The van der Waals surface area contributed by atoms with E-state index in [0.717, 1.165) is 30.1 Å². The van der Waals surface area contributed by atoms with E-state index in [4.69, 9.17) is 0 Å². The van der Waals surface area contributed by atoms with Gasteiger partial charge in [-0.1, -0.05) is 27.7 Å². The maximum Gasteiger partial charge on any atom is 0.125 e. The molecular weight excluding hydrogens is 210 g/mol. The number of hydrogen-bond donors (Lipinski definition) is 1. The molecule has 0 aliphatic rings. The Kier molecular flexibility index (Phi) is 4.63. The molecule has 0 bridgehead atoms. The highest BCUT2D eigenvalue weighted by molar-refractivity contribution is 5.13. The summed E-state index contributed by atoms with van der Waals surface area (Å²) in [4.78, 5) is 8.95. The van der Waals surface area contributed by atoms with Gasteiger partial charge in [0.2, 0.25) is 0 Å². The summed E-state index contributed by atoms with van der Waals surface area (Å²) in [5.74, 6) is 0.878. The number of hydrogen-bond acceptors (Lipinski definition) is 3. The van der Waals surface area contributed by atoms with Crippen molar-refractivity contribution in [2.24, 2.45) is 5.41 Å². The topological polar surface area (TPSA) is 37.8 Å². The summed E-state index contributed by atoms with van der Waals surface area (Å²) in [6.07, 6.45) is 1.92. The molecule has 0 aliphatic heterocycles. The van der Waals surface area contributed by atoms with Gasteiger partial charge >= 0.3 is 0 Å². The molecule has 0 fully saturated rings. The molecule has 0 radical (unpaired) electrons. The quantitative estimate of drug-likeness (QED) is 0.871. The summed E-state index contributed by atoms with van der Waals surface area (Å²) in [6, 6.07) is 2.56. The van der Waals surface area contributed by atoms with Crippen LogP contribution in [0.15, 0.2) is 6.07 Å². The molecule has 0 saturated carbocycles. The van der Waals surface area contributed by atoms with E-state index in [9.17, 15) is 0 Å². The number of nitrogens with one attached hydrogen (secondary N) is 1. The van der Waals surface area contributed by atoms with Crippen LogP contribution in [0.4, 0.5) is 0 Å². The van der Waals surface area contributed by atoms with E-state index in [1.807, 2.05) is 14.0 Å². The number of nitrogens with zero attached hydrogens (tertiary/aromatic N) is 2. The number of aromatic nitrogens is 2. The third-order valence-electron chi connectivity index (χ3n) is 3.11. The fourth-order valence-electron chi connectivity index (χ4n) is 2.03. The lowest BCUT2D eigenvalue weighted by molar-refractivity contribution is 0.278. The molecule has 1 rings (SSSR count). The molecule has 1 atom stereocenters. The molecule has 1 heterocycles. The van der Waals surface area contributed by atoms with Gasteiger partial charge in [0, 0.05) is 23.9 Å². The predicted molar refractivity (Wildman–Crippen MR) is 72.2 cm³/mol. The average Bonchev–Trinajstić information content (AvgIpc) is 2.23. The minimum absolute atomic E-state index is 0.236. The summed E-state index contributed by atoms with van der Waals surface area (Å²) in [5, 5.41) is 3.39. The van der Waals surface area contributed by atoms with Crippen LogP contribution in [0.3, 0.4) is 0 Å². The largest absolute Gasteiger partial charge is 0.316 e. The van der Waals surface area contributed by atoms with Gasteiger partial charge in [-0.3, -0.25) is 0 Å². The van der Waals surface area contributed by atoms with Crippen LogP contribution < -0.4 is 5.32 Å². The fraction of sp³-hybridized carbons (Fsp3) is 0.714. The Hall–Kier alpha value is -0.960. The van der Waals surface area contributed by atoms with Crippen molar-refractivity contribution >= 4 is 0 Å². The molecular formula is C14H25N3. The first-order valence-corrected chi connectivity index (χ1v) is 6.37. The Balaban J connectivity index is 2.90. The number of rotatable bonds is 4. The second kappa shape index (κ2) is 5.58. The first-order valence-electron chi connectivity index (χ1n) is 6.37. The molecule has 0 aromatic carbocycles. The predicted octanol–water partition coefficient (Wildman–Crippen LogP) is 2.52. The van der Waals surface area contributed by atoms with E-state index in [1.165, 1.54) is 0 Å². The van der Waals surface area contributed by atoms with Crippen molar-refractivity contribution in [3.8, 4) is 0 Å². The Morgan fingerprint density at radius 3 is 2.29 bits per heavy atom. The van der Waals surface area contributed by atoms with Crippen LogP contribution in [0, 0.1) is 12.3 Å². The minimum atomic E-state index is 0.236. The summed E-state index contributed by atoms with van der Waals surface area (Å²) in [5.41, 5.74) is 2.51. The molecule has 3 heteroatoms. The maximum atomic E-state index is 4.53. The molecule has 0 aliphatic carbocycles. The smallest absolute Gasteiger partial charge is 0.125 e. The van der Waals surface area contributed by atoms with Crippen LogP contribution in [-0.2, 0) is 12.8 Å². The van der Waals surface area contributed by atoms with E-state index in [-0.39, 0.29) is 5.41 Å². The van der Waals surface area contributed by atoms with Crippen LogP contribution >= 0.6 is 0 Å². The molecule has 1 unspecified atom stereocenters. The fourth-order valence-corrected chi connectivity index (χ4v) is 2.03. The lowest BCUT2D eigenvalue weighted by atomic mass is 9.84. The molecule has 0 saturated heterocycles. The van der Waals surface area contributed by atoms with Crippen molar-refractivity contribution in [3.63, 3.8) is 0 Å². The standard InChI is InChI=1S/C14H25N3/c1-7-11-8-12(17-10(2)16-11)9-13(15-6)14(3,4)5/h8,13,15H,7,9H2,1-6H3. The van der Waals surface area contributed by atoms with Gasteiger partial charge in [-0.15, -0.1) is 0 Å². The second-order valence-electron chi connectivity index (χ2n) is 5.66. The molecule has 96 valence electrons. The van der Waals surface area contributed by atoms with E-state index in [0.29, 0.717) is 6.04 Å². The van der Waals surface area contributed by atoms with Crippen LogP contribution in [0.1, 0.15) is 44.9 Å². The first-order chi connectivity index (χ1) is 7.86. The molecule has 0 amide bonds. The lowest BCUT2D eigenvalue weighted by Gasteiger charge is -2.30. The summed E-state index contributed by atoms with van der Waals surface area (Å²) < 4.78 is 0. The zero-order chi connectivity index (χ0) is 13.1. The third-order valence-corrected chi connectivity index (χ3v) is 3.11. The number of aryl methyl sites for hydroxylation is 2. The van der Waals surface area contributed by atoms with Crippen molar-refractivity contribution in [2.45, 2.75) is 53.5 Å². The first kappa shape index (κ1) is 14.1. The van der Waals surface area contributed by atoms with Crippen LogP contribution in [-0.4, -0.2) is 23.1 Å². The third kappa shape index (κ3) is 4.08. The van der Waals surface area contributed by atoms with Crippen molar-refractivity contribution in [1.29, 1.82) is 0 Å². The second-order valence-corrected chi connectivity index (χ2v) is 5.66. The molecule has 17 heavy (non-hydrogen) atoms. The SMILES string of the molecule is CCc1cc(CC(NC)C(C)(C)C)nc(C)n1. The van der Waals surface area contributed by atoms with E-state index in [1.54, 1.807) is 0 Å². The van der Waals surface area contributed by atoms with Crippen molar-refractivity contribution in [2.75, 3.05) is 7.05 Å². The monoisotopic (exact) mass is 235 g/mol. The van der Waals surface area contributed by atoms with Crippen molar-refractivity contribution in [3.05, 3.63) is 23.3 Å². The molecule has 1 aromatic rings. The average molecular weight is 235 g/mol. The van der Waals surface area contributed by atoms with E-state index in [2.05, 4.69) is 49.0 Å². The number of likely N-dealkylation sites (N-methyl/N-ethyl adjacent to an activating group) is 1. The summed E-state index contributed by atoms with van der Waals surface area (Å²) in [7, 11) is 2.02. The minimum Gasteiger partial charge on any atom is -0.316 e. The highest BCUT2D eigenvalue weighted by Crippen LogP contribution is 2.22. The zero-order valence-corrected chi connectivity index (χ0v) is 12.0. The highest BCUT2D eigenvalue weighted by Gasteiger charge is 2.23. The molecule has 0 spiro atoms. The Morgan fingerprint density at radius 2 is 1.82 bits per heavy atom. The highest BCUT2D eigenvalue weighted by atomic mass is 14.9. The Morgan fingerprint density at radius 1 is 1.24 bits per heavy atom. The van der Waals surface area contributed by atoms with Gasteiger partial charge < -0.3 is 5.32 Å². The Bertz CT molecular complexity index is 366. The summed E-state index contributed by atoms with van der Waals surface area (Å²) >= 11 is 0. The zero-order valence-electron chi connectivity index (χ0n) is 12.0. The Labute approximate surface area is 105 Å². The van der Waals surface area contributed by atoms with Gasteiger partial charge in [-0.05, 0) is 31.9 Å². The van der Waals surface area contributed by atoms with E-state index >= 15 is 0 Å². The molecule has 3 nitrogen and oxygen atoms in total. The van der Waals surface area contributed by atoms with Gasteiger partial charge in [0.05, 0.1) is 0 Å². The lowest BCUT2D eigenvalue weighted by Crippen LogP contribution is -2.40. The summed E-state index contributed by atoms with van der Waals surface area (Å²) in [6.45, 7) is 10.9. The van der Waals surface area contributed by atoms with Crippen molar-refractivity contribution < 1.29 is 0 Å². The van der Waals surface area contributed by atoms with Crippen LogP contribution in [0.25, 0.3) is 0 Å². The maximum absolute atomic E-state index is 4.53. The van der Waals surface area contributed by atoms with Crippen LogP contribution in [0.2, 0.25) is 0 Å². The molecule has 1 N–H and O–H groups in total.